The van der Waals surface area contributed by atoms with Crippen molar-refractivity contribution < 1.29 is 9.53 Å². The van der Waals surface area contributed by atoms with Crippen molar-refractivity contribution in [1.29, 1.82) is 0 Å². The minimum absolute atomic E-state index is 0.0590. The number of rotatable bonds is 3. The van der Waals surface area contributed by atoms with Crippen LogP contribution in [0.2, 0.25) is 0 Å². The first-order valence-corrected chi connectivity index (χ1v) is 8.55. The standard InChI is InChI=1S/C20H21N3O2/c1-13-3-7-18-15(9-13)6-8-19(25-18)20(24)21-11-14-4-5-16-12-22-23(2)17(16)10-14/h3-5,7,9-10,12,19H,6,8,11H2,1-2H3,(H,21,24). The summed E-state index contributed by atoms with van der Waals surface area (Å²) in [5, 5.41) is 8.33. The van der Waals surface area contributed by atoms with Crippen molar-refractivity contribution in [2.75, 3.05) is 0 Å². The molecule has 1 aliphatic heterocycles. The molecule has 0 bridgehead atoms. The number of carbonyl (C=O) groups is 1. The monoisotopic (exact) mass is 335 g/mol. The highest BCUT2D eigenvalue weighted by atomic mass is 16.5. The summed E-state index contributed by atoms with van der Waals surface area (Å²) in [4.78, 5) is 12.5. The van der Waals surface area contributed by atoms with Crippen LogP contribution in [0.4, 0.5) is 0 Å². The van der Waals surface area contributed by atoms with E-state index in [0.717, 1.165) is 28.6 Å². The van der Waals surface area contributed by atoms with E-state index in [2.05, 4.69) is 29.5 Å². The molecule has 0 radical (unpaired) electrons. The van der Waals surface area contributed by atoms with Gasteiger partial charge in [-0.25, -0.2) is 0 Å². The lowest BCUT2D eigenvalue weighted by Crippen LogP contribution is -2.40. The van der Waals surface area contributed by atoms with Crippen LogP contribution < -0.4 is 10.1 Å². The summed E-state index contributed by atoms with van der Waals surface area (Å²) in [7, 11) is 1.92. The molecule has 25 heavy (non-hydrogen) atoms. The second-order valence-corrected chi connectivity index (χ2v) is 6.64. The largest absolute Gasteiger partial charge is 0.480 e. The van der Waals surface area contributed by atoms with Crippen molar-refractivity contribution in [2.24, 2.45) is 7.05 Å². The first kappa shape index (κ1) is 15.7. The van der Waals surface area contributed by atoms with E-state index in [1.165, 1.54) is 11.1 Å². The van der Waals surface area contributed by atoms with Crippen LogP contribution in [-0.4, -0.2) is 21.8 Å². The van der Waals surface area contributed by atoms with Crippen LogP contribution in [0.25, 0.3) is 10.9 Å². The molecule has 0 saturated carbocycles. The Morgan fingerprint density at radius 2 is 2.20 bits per heavy atom. The van der Waals surface area contributed by atoms with Gasteiger partial charge in [0.15, 0.2) is 6.10 Å². The summed E-state index contributed by atoms with van der Waals surface area (Å²) in [5.74, 6) is 0.768. The summed E-state index contributed by atoms with van der Waals surface area (Å²) >= 11 is 0. The molecule has 2 aromatic carbocycles. The highest BCUT2D eigenvalue weighted by molar-refractivity contribution is 5.82. The van der Waals surface area contributed by atoms with Crippen molar-refractivity contribution in [3.63, 3.8) is 0 Å². The predicted octanol–water partition coefficient (Wildman–Crippen LogP) is 2.89. The van der Waals surface area contributed by atoms with Crippen LogP contribution in [-0.2, 0) is 24.8 Å². The molecule has 1 atom stereocenters. The number of carbonyl (C=O) groups excluding carboxylic acids is 1. The van der Waals surface area contributed by atoms with Crippen LogP contribution in [0.1, 0.15) is 23.1 Å². The highest BCUT2D eigenvalue weighted by Crippen LogP contribution is 2.28. The topological polar surface area (TPSA) is 56.2 Å². The number of nitrogens with one attached hydrogen (secondary N) is 1. The van der Waals surface area contributed by atoms with E-state index in [9.17, 15) is 4.79 Å². The average molecular weight is 335 g/mol. The van der Waals surface area contributed by atoms with E-state index in [1.54, 1.807) is 0 Å². The lowest BCUT2D eigenvalue weighted by Gasteiger charge is -2.25. The number of hydrogen-bond acceptors (Lipinski definition) is 3. The van der Waals surface area contributed by atoms with Gasteiger partial charge in [0.25, 0.3) is 5.91 Å². The molecule has 0 saturated heterocycles. The lowest BCUT2D eigenvalue weighted by molar-refractivity contribution is -0.128. The molecule has 3 aromatic rings. The third kappa shape index (κ3) is 3.09. The van der Waals surface area contributed by atoms with Gasteiger partial charge in [-0.05, 0) is 43.0 Å². The Morgan fingerprint density at radius 1 is 1.32 bits per heavy atom. The summed E-state index contributed by atoms with van der Waals surface area (Å²) in [6.07, 6.45) is 3.00. The molecule has 5 nitrogen and oxygen atoms in total. The summed E-state index contributed by atoms with van der Waals surface area (Å²) < 4.78 is 7.73. The van der Waals surface area contributed by atoms with Crippen LogP contribution in [0.3, 0.4) is 0 Å². The first-order valence-electron chi connectivity index (χ1n) is 8.55. The second-order valence-electron chi connectivity index (χ2n) is 6.64. The average Bonchev–Trinajstić information content (AvgIpc) is 3.00. The molecule has 4 rings (SSSR count). The third-order valence-corrected chi connectivity index (χ3v) is 4.73. The molecule has 0 fully saturated rings. The van der Waals surface area contributed by atoms with Crippen molar-refractivity contribution in [2.45, 2.75) is 32.4 Å². The molecule has 1 amide bonds. The zero-order valence-electron chi connectivity index (χ0n) is 14.5. The Morgan fingerprint density at radius 3 is 3.08 bits per heavy atom. The number of nitrogens with zero attached hydrogens (tertiary/aromatic N) is 2. The molecule has 5 heteroatoms. The van der Waals surface area contributed by atoms with Crippen LogP contribution >= 0.6 is 0 Å². The molecule has 1 aliphatic rings. The maximum atomic E-state index is 12.5. The molecule has 1 unspecified atom stereocenters. The number of aryl methyl sites for hydroxylation is 3. The van der Waals surface area contributed by atoms with E-state index in [-0.39, 0.29) is 5.91 Å². The fraction of sp³-hybridized carbons (Fsp3) is 0.300. The molecular formula is C20H21N3O2. The van der Waals surface area contributed by atoms with E-state index < -0.39 is 6.10 Å². The van der Waals surface area contributed by atoms with Gasteiger partial charge in [-0.1, -0.05) is 29.8 Å². The van der Waals surface area contributed by atoms with E-state index in [4.69, 9.17) is 4.74 Å². The Kier molecular flexibility index (Phi) is 3.92. The Labute approximate surface area is 146 Å². The van der Waals surface area contributed by atoms with Crippen LogP contribution in [0.5, 0.6) is 5.75 Å². The van der Waals surface area contributed by atoms with Crippen molar-refractivity contribution in [3.05, 3.63) is 59.3 Å². The SMILES string of the molecule is Cc1ccc2c(c1)CCC(C(=O)NCc1ccc3cnn(C)c3c1)O2. The van der Waals surface area contributed by atoms with Crippen LogP contribution in [0.15, 0.2) is 42.6 Å². The van der Waals surface area contributed by atoms with E-state index in [1.807, 2.05) is 42.2 Å². The summed E-state index contributed by atoms with van der Waals surface area (Å²) in [6, 6.07) is 12.2. The van der Waals surface area contributed by atoms with E-state index >= 15 is 0 Å². The van der Waals surface area contributed by atoms with Gasteiger partial charge in [-0.2, -0.15) is 5.10 Å². The fourth-order valence-electron chi connectivity index (χ4n) is 3.30. The fourth-order valence-corrected chi connectivity index (χ4v) is 3.30. The summed E-state index contributed by atoms with van der Waals surface area (Å²) in [6.45, 7) is 2.55. The van der Waals surface area contributed by atoms with E-state index in [0.29, 0.717) is 13.0 Å². The first-order chi connectivity index (χ1) is 12.1. The normalized spacial score (nSPS) is 16.3. The molecular weight excluding hydrogens is 314 g/mol. The molecule has 128 valence electrons. The van der Waals surface area contributed by atoms with Crippen LogP contribution in [0, 0.1) is 6.92 Å². The number of amides is 1. The van der Waals surface area contributed by atoms with Gasteiger partial charge in [0.1, 0.15) is 5.75 Å². The maximum absolute atomic E-state index is 12.5. The number of fused-ring (bicyclic) bond motifs is 2. The van der Waals surface area contributed by atoms with Gasteiger partial charge < -0.3 is 10.1 Å². The molecule has 1 N–H and O–H groups in total. The van der Waals surface area contributed by atoms with Crippen molar-refractivity contribution >= 4 is 16.8 Å². The second kappa shape index (κ2) is 6.24. The number of benzene rings is 2. The van der Waals surface area contributed by atoms with Gasteiger partial charge in [0.2, 0.25) is 0 Å². The predicted molar refractivity (Wildman–Crippen MR) is 96.5 cm³/mol. The van der Waals surface area contributed by atoms with Gasteiger partial charge in [-0.15, -0.1) is 0 Å². The molecule has 0 aliphatic carbocycles. The Balaban J connectivity index is 1.41. The van der Waals surface area contributed by atoms with Crippen molar-refractivity contribution in [3.8, 4) is 5.75 Å². The van der Waals surface area contributed by atoms with Crippen molar-refractivity contribution in [1.82, 2.24) is 15.1 Å². The minimum Gasteiger partial charge on any atom is -0.480 e. The maximum Gasteiger partial charge on any atom is 0.261 e. The number of aromatic nitrogens is 2. The zero-order valence-corrected chi connectivity index (χ0v) is 14.5. The Hall–Kier alpha value is -2.82. The van der Waals surface area contributed by atoms with Gasteiger partial charge >= 0.3 is 0 Å². The minimum atomic E-state index is -0.421. The lowest BCUT2D eigenvalue weighted by atomic mass is 10.00. The number of hydrogen-bond donors (Lipinski definition) is 1. The zero-order chi connectivity index (χ0) is 17.4. The molecule has 2 heterocycles. The molecule has 0 spiro atoms. The molecule has 1 aromatic heterocycles. The quantitative estimate of drug-likeness (QED) is 0.801. The highest BCUT2D eigenvalue weighted by Gasteiger charge is 2.25. The van der Waals surface area contributed by atoms with Gasteiger partial charge in [-0.3, -0.25) is 9.48 Å². The Bertz CT molecular complexity index is 945. The van der Waals surface area contributed by atoms with Gasteiger partial charge in [0, 0.05) is 19.0 Å². The third-order valence-electron chi connectivity index (χ3n) is 4.73. The summed E-state index contributed by atoms with van der Waals surface area (Å²) in [5.41, 5.74) is 4.52. The number of ether oxygens (including phenoxy) is 1. The van der Waals surface area contributed by atoms with Gasteiger partial charge in [0.05, 0.1) is 11.7 Å². The smallest absolute Gasteiger partial charge is 0.261 e.